The van der Waals surface area contributed by atoms with Crippen molar-refractivity contribution in [3.05, 3.63) is 23.8 Å². The van der Waals surface area contributed by atoms with E-state index in [1.165, 1.54) is 5.56 Å². The lowest BCUT2D eigenvalue weighted by atomic mass is 9.84. The molecule has 0 spiro atoms. The maximum absolute atomic E-state index is 6.22. The Morgan fingerprint density at radius 2 is 1.89 bits per heavy atom. The second-order valence-electron chi connectivity index (χ2n) is 6.01. The van der Waals surface area contributed by atoms with Gasteiger partial charge in [-0.1, -0.05) is 33.8 Å². The molecule has 2 N–H and O–H groups in total. The minimum absolute atomic E-state index is 0.102. The summed E-state index contributed by atoms with van der Waals surface area (Å²) in [4.78, 5) is 0. The van der Waals surface area contributed by atoms with Gasteiger partial charge in [-0.2, -0.15) is 0 Å². The Morgan fingerprint density at radius 1 is 1.21 bits per heavy atom. The number of nitrogens with two attached hydrogens (primary N) is 1. The van der Waals surface area contributed by atoms with Gasteiger partial charge in [-0.05, 0) is 36.0 Å². The molecule has 0 aliphatic heterocycles. The molecule has 1 rings (SSSR count). The van der Waals surface area contributed by atoms with Gasteiger partial charge in [0.25, 0.3) is 0 Å². The fraction of sp³-hybridized carbons (Fsp3) is 0.625. The summed E-state index contributed by atoms with van der Waals surface area (Å²) in [6.45, 7) is 9.27. The zero-order chi connectivity index (χ0) is 14.5. The quantitative estimate of drug-likeness (QED) is 0.857. The molecule has 0 heterocycles. The molecule has 0 saturated carbocycles. The molecule has 1 atom stereocenters. The van der Waals surface area contributed by atoms with Gasteiger partial charge in [0.2, 0.25) is 0 Å². The number of ether oxygens (including phenoxy) is 2. The van der Waals surface area contributed by atoms with Gasteiger partial charge in [0.1, 0.15) is 0 Å². The van der Waals surface area contributed by atoms with Gasteiger partial charge in [-0.3, -0.25) is 0 Å². The van der Waals surface area contributed by atoms with Crippen LogP contribution in [0.1, 0.15) is 39.7 Å². The summed E-state index contributed by atoms with van der Waals surface area (Å²) < 4.78 is 11.0. The predicted octanol–water partition coefficient (Wildman–Crippen LogP) is 3.40. The van der Waals surface area contributed by atoms with Crippen LogP contribution >= 0.6 is 0 Å². The zero-order valence-electron chi connectivity index (χ0n) is 12.8. The van der Waals surface area contributed by atoms with E-state index in [9.17, 15) is 0 Å². The third kappa shape index (κ3) is 4.75. The molecule has 108 valence electrons. The fourth-order valence-corrected chi connectivity index (χ4v) is 1.73. The second kappa shape index (κ2) is 6.80. The highest BCUT2D eigenvalue weighted by molar-refractivity contribution is 5.43. The molecule has 0 bridgehead atoms. The normalized spacial score (nSPS) is 13.2. The van der Waals surface area contributed by atoms with Crippen LogP contribution in [0.3, 0.4) is 0 Å². The van der Waals surface area contributed by atoms with E-state index in [2.05, 4.69) is 33.8 Å². The van der Waals surface area contributed by atoms with Gasteiger partial charge >= 0.3 is 0 Å². The van der Waals surface area contributed by atoms with Crippen LogP contribution in [0.4, 0.5) is 0 Å². The van der Waals surface area contributed by atoms with Crippen molar-refractivity contribution >= 4 is 0 Å². The molecule has 0 aromatic heterocycles. The summed E-state index contributed by atoms with van der Waals surface area (Å²) in [5, 5.41) is 0. The molecular weight excluding hydrogens is 238 g/mol. The van der Waals surface area contributed by atoms with Gasteiger partial charge in [0.05, 0.1) is 13.7 Å². The van der Waals surface area contributed by atoms with E-state index in [0.717, 1.165) is 24.3 Å². The lowest BCUT2D eigenvalue weighted by Crippen LogP contribution is -2.36. The SMILES string of the molecule is CCCOc1ccc(CC(N)C(C)(C)C)cc1OC. The van der Waals surface area contributed by atoms with E-state index in [0.29, 0.717) is 6.61 Å². The van der Waals surface area contributed by atoms with Crippen molar-refractivity contribution in [3.63, 3.8) is 0 Å². The Morgan fingerprint density at radius 3 is 2.42 bits per heavy atom. The molecule has 1 unspecified atom stereocenters. The zero-order valence-corrected chi connectivity index (χ0v) is 12.8. The second-order valence-corrected chi connectivity index (χ2v) is 6.01. The molecule has 3 nitrogen and oxygen atoms in total. The first-order chi connectivity index (χ1) is 8.88. The summed E-state index contributed by atoms with van der Waals surface area (Å²) in [6.07, 6.45) is 1.83. The number of benzene rings is 1. The Balaban J connectivity index is 2.82. The summed E-state index contributed by atoms with van der Waals surface area (Å²) in [5.41, 5.74) is 7.51. The molecule has 0 amide bonds. The maximum atomic E-state index is 6.22. The van der Waals surface area contributed by atoms with E-state index >= 15 is 0 Å². The number of hydrogen-bond acceptors (Lipinski definition) is 3. The minimum Gasteiger partial charge on any atom is -0.493 e. The highest BCUT2D eigenvalue weighted by Gasteiger charge is 2.21. The monoisotopic (exact) mass is 265 g/mol. The number of hydrogen-bond donors (Lipinski definition) is 1. The fourth-order valence-electron chi connectivity index (χ4n) is 1.73. The molecule has 0 aliphatic carbocycles. The summed E-state index contributed by atoms with van der Waals surface area (Å²) in [6, 6.07) is 6.19. The van der Waals surface area contributed by atoms with Gasteiger partial charge in [-0.15, -0.1) is 0 Å². The van der Waals surface area contributed by atoms with Crippen LogP contribution in [-0.2, 0) is 6.42 Å². The highest BCUT2D eigenvalue weighted by atomic mass is 16.5. The first-order valence-electron chi connectivity index (χ1n) is 6.93. The van der Waals surface area contributed by atoms with Crippen molar-refractivity contribution < 1.29 is 9.47 Å². The van der Waals surface area contributed by atoms with E-state index in [4.69, 9.17) is 15.2 Å². The van der Waals surface area contributed by atoms with E-state index in [1.54, 1.807) is 7.11 Å². The number of methoxy groups -OCH3 is 1. The van der Waals surface area contributed by atoms with Crippen LogP contribution < -0.4 is 15.2 Å². The van der Waals surface area contributed by atoms with Crippen molar-refractivity contribution in [2.75, 3.05) is 13.7 Å². The van der Waals surface area contributed by atoms with Crippen LogP contribution in [0.2, 0.25) is 0 Å². The van der Waals surface area contributed by atoms with E-state index in [-0.39, 0.29) is 11.5 Å². The van der Waals surface area contributed by atoms with Crippen LogP contribution in [0.25, 0.3) is 0 Å². The van der Waals surface area contributed by atoms with Gasteiger partial charge in [-0.25, -0.2) is 0 Å². The summed E-state index contributed by atoms with van der Waals surface area (Å²) >= 11 is 0. The Kier molecular flexibility index (Phi) is 5.67. The first-order valence-corrected chi connectivity index (χ1v) is 6.93. The van der Waals surface area contributed by atoms with E-state index < -0.39 is 0 Å². The largest absolute Gasteiger partial charge is 0.493 e. The molecule has 0 fully saturated rings. The topological polar surface area (TPSA) is 44.5 Å². The summed E-state index contributed by atoms with van der Waals surface area (Å²) in [7, 11) is 1.67. The lowest BCUT2D eigenvalue weighted by molar-refractivity contribution is 0.293. The Labute approximate surface area is 117 Å². The van der Waals surface area contributed by atoms with Crippen molar-refractivity contribution in [1.29, 1.82) is 0 Å². The molecular formula is C16H27NO2. The minimum atomic E-state index is 0.102. The standard InChI is InChI=1S/C16H27NO2/c1-6-9-19-13-8-7-12(10-14(13)18-5)11-15(17)16(2,3)4/h7-8,10,15H,6,9,11,17H2,1-5H3. The average molecular weight is 265 g/mol. The molecule has 0 saturated heterocycles. The molecule has 1 aromatic carbocycles. The van der Waals surface area contributed by atoms with Crippen molar-refractivity contribution in [3.8, 4) is 11.5 Å². The highest BCUT2D eigenvalue weighted by Crippen LogP contribution is 2.30. The van der Waals surface area contributed by atoms with Crippen molar-refractivity contribution in [1.82, 2.24) is 0 Å². The molecule has 19 heavy (non-hydrogen) atoms. The van der Waals surface area contributed by atoms with Crippen LogP contribution in [0.5, 0.6) is 11.5 Å². The Hall–Kier alpha value is -1.22. The number of rotatable bonds is 6. The summed E-state index contributed by atoms with van der Waals surface area (Å²) in [5.74, 6) is 1.59. The lowest BCUT2D eigenvalue weighted by Gasteiger charge is -2.27. The van der Waals surface area contributed by atoms with Gasteiger partial charge in [0.15, 0.2) is 11.5 Å². The van der Waals surface area contributed by atoms with Gasteiger partial charge < -0.3 is 15.2 Å². The smallest absolute Gasteiger partial charge is 0.161 e. The van der Waals surface area contributed by atoms with Crippen LogP contribution in [-0.4, -0.2) is 19.8 Å². The maximum Gasteiger partial charge on any atom is 0.161 e. The molecule has 0 radical (unpaired) electrons. The van der Waals surface area contributed by atoms with E-state index in [1.807, 2.05) is 12.1 Å². The van der Waals surface area contributed by atoms with Gasteiger partial charge in [0, 0.05) is 6.04 Å². The molecule has 3 heteroatoms. The van der Waals surface area contributed by atoms with Crippen LogP contribution in [0, 0.1) is 5.41 Å². The van der Waals surface area contributed by atoms with Crippen LogP contribution in [0.15, 0.2) is 18.2 Å². The first kappa shape index (κ1) is 15.8. The predicted molar refractivity (Wildman–Crippen MR) is 79.9 cm³/mol. The molecule has 0 aliphatic rings. The average Bonchev–Trinajstić information content (AvgIpc) is 2.35. The molecule has 1 aromatic rings. The van der Waals surface area contributed by atoms with Crippen molar-refractivity contribution in [2.24, 2.45) is 11.1 Å². The third-order valence-corrected chi connectivity index (χ3v) is 3.26. The Bertz CT molecular complexity index is 396. The third-order valence-electron chi connectivity index (χ3n) is 3.26. The van der Waals surface area contributed by atoms with Crippen molar-refractivity contribution in [2.45, 2.75) is 46.6 Å².